The standard InChI is InChI=1S/C17H20N2O4S/c1-10(16(21)18-12-4-2-3-5-12)23-17(22)11-6-7-14-13(8-11)19-15(20)9-24-14/h6-8,10,12H,2-5,9H2,1H3,(H,18,21)(H,19,20)/t10-/m0/s1. The molecular weight excluding hydrogens is 328 g/mol. The summed E-state index contributed by atoms with van der Waals surface area (Å²) in [5, 5.41) is 5.65. The third kappa shape index (κ3) is 3.90. The van der Waals surface area contributed by atoms with Crippen molar-refractivity contribution in [1.29, 1.82) is 0 Å². The molecule has 2 amide bonds. The Balaban J connectivity index is 1.60. The SMILES string of the molecule is C[C@H](OC(=O)c1ccc2c(c1)NC(=O)CS2)C(=O)NC1CCCC1. The summed E-state index contributed by atoms with van der Waals surface area (Å²) in [6.45, 7) is 1.57. The van der Waals surface area contributed by atoms with Gasteiger partial charge in [0.1, 0.15) is 0 Å². The third-order valence-corrected chi connectivity index (χ3v) is 5.28. The molecule has 1 fully saturated rings. The van der Waals surface area contributed by atoms with Crippen molar-refractivity contribution < 1.29 is 19.1 Å². The van der Waals surface area contributed by atoms with Crippen molar-refractivity contribution in [2.45, 2.75) is 49.6 Å². The molecule has 6 nitrogen and oxygen atoms in total. The van der Waals surface area contributed by atoms with Crippen molar-refractivity contribution in [2.75, 3.05) is 11.1 Å². The summed E-state index contributed by atoms with van der Waals surface area (Å²) in [6, 6.07) is 5.20. The van der Waals surface area contributed by atoms with E-state index in [1.165, 1.54) is 11.8 Å². The van der Waals surface area contributed by atoms with Crippen LogP contribution in [0.2, 0.25) is 0 Å². The van der Waals surface area contributed by atoms with Crippen LogP contribution < -0.4 is 10.6 Å². The molecule has 1 aromatic rings. The number of amides is 2. The maximum Gasteiger partial charge on any atom is 0.338 e. The van der Waals surface area contributed by atoms with E-state index >= 15 is 0 Å². The van der Waals surface area contributed by atoms with Gasteiger partial charge in [-0.2, -0.15) is 0 Å². The molecule has 1 aliphatic carbocycles. The van der Waals surface area contributed by atoms with E-state index in [1.807, 2.05) is 0 Å². The highest BCUT2D eigenvalue weighted by Crippen LogP contribution is 2.32. The highest BCUT2D eigenvalue weighted by atomic mass is 32.2. The predicted molar refractivity (Wildman–Crippen MR) is 91.1 cm³/mol. The summed E-state index contributed by atoms with van der Waals surface area (Å²) in [5.74, 6) is -0.564. The Morgan fingerprint density at radius 2 is 2.08 bits per heavy atom. The van der Waals surface area contributed by atoms with Gasteiger partial charge < -0.3 is 15.4 Å². The molecule has 2 N–H and O–H groups in total. The molecule has 128 valence electrons. The van der Waals surface area contributed by atoms with Gasteiger partial charge in [0.25, 0.3) is 5.91 Å². The molecule has 0 unspecified atom stereocenters. The number of rotatable bonds is 4. The molecule has 1 saturated carbocycles. The normalized spacial score (nSPS) is 18.5. The maximum absolute atomic E-state index is 12.2. The number of thioether (sulfide) groups is 1. The van der Waals surface area contributed by atoms with Gasteiger partial charge in [0.15, 0.2) is 6.10 Å². The fraction of sp³-hybridized carbons (Fsp3) is 0.471. The van der Waals surface area contributed by atoms with Gasteiger partial charge in [-0.15, -0.1) is 11.8 Å². The molecule has 0 saturated heterocycles. The molecule has 1 aliphatic heterocycles. The molecule has 1 atom stereocenters. The van der Waals surface area contributed by atoms with E-state index in [-0.39, 0.29) is 17.9 Å². The number of carbonyl (C=O) groups is 3. The number of esters is 1. The minimum Gasteiger partial charge on any atom is -0.449 e. The molecule has 0 bridgehead atoms. The summed E-state index contributed by atoms with van der Waals surface area (Å²) in [4.78, 5) is 36.7. The molecule has 7 heteroatoms. The second kappa shape index (κ2) is 7.25. The van der Waals surface area contributed by atoms with Crippen LogP contribution in [0.5, 0.6) is 0 Å². The molecule has 1 aromatic carbocycles. The van der Waals surface area contributed by atoms with Crippen molar-refractivity contribution in [3.8, 4) is 0 Å². The van der Waals surface area contributed by atoms with Gasteiger partial charge in [-0.3, -0.25) is 9.59 Å². The quantitative estimate of drug-likeness (QED) is 0.816. The molecular formula is C17H20N2O4S. The molecule has 0 spiro atoms. The molecule has 24 heavy (non-hydrogen) atoms. The first-order valence-electron chi connectivity index (χ1n) is 8.11. The van der Waals surface area contributed by atoms with Gasteiger partial charge in [-0.05, 0) is 38.0 Å². The summed E-state index contributed by atoms with van der Waals surface area (Å²) in [5.41, 5.74) is 0.922. The summed E-state index contributed by atoms with van der Waals surface area (Å²) >= 11 is 1.43. The first kappa shape index (κ1) is 16.8. The zero-order chi connectivity index (χ0) is 17.1. The Kier molecular flexibility index (Phi) is 5.08. The minimum absolute atomic E-state index is 0.0951. The molecule has 1 heterocycles. The average molecular weight is 348 g/mol. The summed E-state index contributed by atoms with van der Waals surface area (Å²) in [7, 11) is 0. The van der Waals surface area contributed by atoms with Gasteiger partial charge in [0.2, 0.25) is 5.91 Å². The third-order valence-electron chi connectivity index (χ3n) is 4.20. The number of carbonyl (C=O) groups excluding carboxylic acids is 3. The zero-order valence-corrected chi connectivity index (χ0v) is 14.3. The second-order valence-electron chi connectivity index (χ2n) is 6.09. The van der Waals surface area contributed by atoms with Gasteiger partial charge in [0, 0.05) is 10.9 Å². The first-order valence-corrected chi connectivity index (χ1v) is 9.09. The largest absolute Gasteiger partial charge is 0.449 e. The number of hydrogen-bond acceptors (Lipinski definition) is 5. The van der Waals surface area contributed by atoms with Crippen molar-refractivity contribution in [2.24, 2.45) is 0 Å². The zero-order valence-electron chi connectivity index (χ0n) is 13.5. The van der Waals surface area contributed by atoms with Crippen LogP contribution in [-0.4, -0.2) is 35.7 Å². The van der Waals surface area contributed by atoms with Crippen LogP contribution >= 0.6 is 11.8 Å². The first-order chi connectivity index (χ1) is 11.5. The molecule has 3 rings (SSSR count). The van der Waals surface area contributed by atoms with Gasteiger partial charge >= 0.3 is 5.97 Å². The van der Waals surface area contributed by atoms with Crippen molar-refractivity contribution in [1.82, 2.24) is 5.32 Å². The highest BCUT2D eigenvalue weighted by molar-refractivity contribution is 8.00. The van der Waals surface area contributed by atoms with Crippen molar-refractivity contribution in [3.05, 3.63) is 23.8 Å². The van der Waals surface area contributed by atoms with Gasteiger partial charge in [-0.25, -0.2) is 4.79 Å². The average Bonchev–Trinajstić information content (AvgIpc) is 3.06. The minimum atomic E-state index is -0.849. The van der Waals surface area contributed by atoms with Crippen LogP contribution in [0.3, 0.4) is 0 Å². The number of hydrogen-bond donors (Lipinski definition) is 2. The summed E-state index contributed by atoms with van der Waals surface area (Å²) < 4.78 is 5.26. The van der Waals surface area contributed by atoms with E-state index in [4.69, 9.17) is 4.74 Å². The lowest BCUT2D eigenvalue weighted by Gasteiger charge is -2.19. The van der Waals surface area contributed by atoms with E-state index in [0.29, 0.717) is 17.0 Å². The van der Waals surface area contributed by atoms with Crippen molar-refractivity contribution in [3.63, 3.8) is 0 Å². The number of anilines is 1. The van der Waals surface area contributed by atoms with E-state index in [2.05, 4.69) is 10.6 Å². The van der Waals surface area contributed by atoms with Crippen LogP contribution in [0.1, 0.15) is 43.0 Å². The monoisotopic (exact) mass is 348 g/mol. The van der Waals surface area contributed by atoms with E-state index < -0.39 is 12.1 Å². The number of fused-ring (bicyclic) bond motifs is 1. The van der Waals surface area contributed by atoms with Gasteiger partial charge in [0.05, 0.1) is 17.0 Å². The number of nitrogens with one attached hydrogen (secondary N) is 2. The number of ether oxygens (including phenoxy) is 1. The van der Waals surface area contributed by atoms with E-state index in [1.54, 1.807) is 25.1 Å². The lowest BCUT2D eigenvalue weighted by atomic mass is 10.2. The maximum atomic E-state index is 12.2. The second-order valence-corrected chi connectivity index (χ2v) is 7.10. The Bertz CT molecular complexity index is 671. The van der Waals surface area contributed by atoms with E-state index in [9.17, 15) is 14.4 Å². The topological polar surface area (TPSA) is 84.5 Å². The van der Waals surface area contributed by atoms with Crippen LogP contribution in [0, 0.1) is 0 Å². The predicted octanol–water partition coefficient (Wildman–Crippen LogP) is 2.33. The molecule has 0 aromatic heterocycles. The van der Waals surface area contributed by atoms with Crippen LogP contribution in [0.4, 0.5) is 5.69 Å². The summed E-state index contributed by atoms with van der Waals surface area (Å²) in [6.07, 6.45) is 3.36. The Morgan fingerprint density at radius 1 is 1.33 bits per heavy atom. The Hall–Kier alpha value is -2.02. The molecule has 2 aliphatic rings. The van der Waals surface area contributed by atoms with Gasteiger partial charge in [-0.1, -0.05) is 12.8 Å². The van der Waals surface area contributed by atoms with Crippen molar-refractivity contribution >= 4 is 35.2 Å². The lowest BCUT2D eigenvalue weighted by Crippen LogP contribution is -2.40. The van der Waals surface area contributed by atoms with Crippen LogP contribution in [0.15, 0.2) is 23.1 Å². The fourth-order valence-electron chi connectivity index (χ4n) is 2.88. The molecule has 0 radical (unpaired) electrons. The highest BCUT2D eigenvalue weighted by Gasteiger charge is 2.24. The lowest BCUT2D eigenvalue weighted by molar-refractivity contribution is -0.129. The van der Waals surface area contributed by atoms with E-state index in [0.717, 1.165) is 30.6 Å². The Morgan fingerprint density at radius 3 is 2.83 bits per heavy atom. The van der Waals surface area contributed by atoms with Crippen LogP contribution in [0.25, 0.3) is 0 Å². The number of benzene rings is 1. The Labute approximate surface area is 144 Å². The fourth-order valence-corrected chi connectivity index (χ4v) is 3.67. The smallest absolute Gasteiger partial charge is 0.338 e. The van der Waals surface area contributed by atoms with Crippen LogP contribution in [-0.2, 0) is 14.3 Å².